The normalized spacial score (nSPS) is 29.4. The molecule has 1 aliphatic heterocycles. The van der Waals surface area contributed by atoms with Gasteiger partial charge in [-0.3, -0.25) is 0 Å². The number of hydrogen-bond acceptors (Lipinski definition) is 3. The molecule has 0 amide bonds. The second-order valence-electron chi connectivity index (χ2n) is 4.17. The SMILES string of the molecule is CCC1CN(CCCSC)CCC1O. The Kier molecular flexibility index (Phi) is 5.90. The largest absolute Gasteiger partial charge is 0.393 e. The van der Waals surface area contributed by atoms with Gasteiger partial charge in [-0.25, -0.2) is 0 Å². The number of aliphatic hydroxyl groups is 1. The van der Waals surface area contributed by atoms with E-state index < -0.39 is 0 Å². The lowest BCUT2D eigenvalue weighted by Crippen LogP contribution is -2.43. The molecule has 1 N–H and O–H groups in total. The van der Waals surface area contributed by atoms with Gasteiger partial charge >= 0.3 is 0 Å². The van der Waals surface area contributed by atoms with Gasteiger partial charge in [0, 0.05) is 13.1 Å². The predicted octanol–water partition coefficient (Wildman–Crippen LogP) is 1.83. The zero-order valence-electron chi connectivity index (χ0n) is 9.41. The van der Waals surface area contributed by atoms with Crippen LogP contribution in [0.25, 0.3) is 0 Å². The summed E-state index contributed by atoms with van der Waals surface area (Å²) in [5.74, 6) is 1.77. The lowest BCUT2D eigenvalue weighted by molar-refractivity contribution is 0.0254. The number of piperidine rings is 1. The molecule has 0 aliphatic carbocycles. The molecule has 84 valence electrons. The van der Waals surface area contributed by atoms with E-state index in [0.29, 0.717) is 5.92 Å². The zero-order valence-corrected chi connectivity index (χ0v) is 10.2. The highest BCUT2D eigenvalue weighted by molar-refractivity contribution is 7.98. The van der Waals surface area contributed by atoms with Crippen LogP contribution >= 0.6 is 11.8 Å². The van der Waals surface area contributed by atoms with Crippen LogP contribution in [0.1, 0.15) is 26.2 Å². The Morgan fingerprint density at radius 2 is 2.29 bits per heavy atom. The molecule has 14 heavy (non-hydrogen) atoms. The Morgan fingerprint density at radius 1 is 1.50 bits per heavy atom. The van der Waals surface area contributed by atoms with Crippen LogP contribution in [0.15, 0.2) is 0 Å². The van der Waals surface area contributed by atoms with Crippen LogP contribution in [0.5, 0.6) is 0 Å². The van der Waals surface area contributed by atoms with E-state index in [4.69, 9.17) is 0 Å². The average molecular weight is 217 g/mol. The van der Waals surface area contributed by atoms with Crippen molar-refractivity contribution in [2.45, 2.75) is 32.3 Å². The number of hydrogen-bond donors (Lipinski definition) is 1. The zero-order chi connectivity index (χ0) is 10.4. The van der Waals surface area contributed by atoms with Crippen molar-refractivity contribution in [3.8, 4) is 0 Å². The summed E-state index contributed by atoms with van der Waals surface area (Å²) >= 11 is 1.92. The summed E-state index contributed by atoms with van der Waals surface area (Å²) in [6.45, 7) is 5.58. The highest BCUT2D eigenvalue weighted by Gasteiger charge is 2.25. The highest BCUT2D eigenvalue weighted by Crippen LogP contribution is 2.20. The molecule has 1 heterocycles. The molecule has 3 heteroatoms. The average Bonchev–Trinajstić information content (AvgIpc) is 2.21. The van der Waals surface area contributed by atoms with Gasteiger partial charge in [-0.15, -0.1) is 0 Å². The third kappa shape index (κ3) is 3.79. The predicted molar refractivity (Wildman–Crippen MR) is 63.8 cm³/mol. The summed E-state index contributed by atoms with van der Waals surface area (Å²) in [4.78, 5) is 2.51. The molecule has 0 aromatic carbocycles. The quantitative estimate of drug-likeness (QED) is 0.711. The molecule has 2 nitrogen and oxygen atoms in total. The van der Waals surface area contributed by atoms with Crippen LogP contribution in [0.2, 0.25) is 0 Å². The Balaban J connectivity index is 2.21. The van der Waals surface area contributed by atoms with Gasteiger partial charge < -0.3 is 10.0 Å². The van der Waals surface area contributed by atoms with Crippen LogP contribution in [-0.2, 0) is 0 Å². The van der Waals surface area contributed by atoms with E-state index in [9.17, 15) is 5.11 Å². The van der Waals surface area contributed by atoms with Crippen molar-refractivity contribution in [1.29, 1.82) is 0 Å². The van der Waals surface area contributed by atoms with Crippen molar-refractivity contribution in [2.24, 2.45) is 5.92 Å². The van der Waals surface area contributed by atoms with Gasteiger partial charge in [0.05, 0.1) is 6.10 Å². The molecule has 0 bridgehead atoms. The summed E-state index contributed by atoms with van der Waals surface area (Å²) in [6, 6.07) is 0. The van der Waals surface area contributed by atoms with Crippen molar-refractivity contribution in [3.05, 3.63) is 0 Å². The van der Waals surface area contributed by atoms with Gasteiger partial charge in [-0.2, -0.15) is 11.8 Å². The maximum atomic E-state index is 9.73. The molecular formula is C11H23NOS. The van der Waals surface area contributed by atoms with Crippen LogP contribution in [0.4, 0.5) is 0 Å². The Bertz CT molecular complexity index is 154. The highest BCUT2D eigenvalue weighted by atomic mass is 32.2. The number of nitrogens with zero attached hydrogens (tertiary/aromatic N) is 1. The fraction of sp³-hybridized carbons (Fsp3) is 1.00. The van der Waals surface area contributed by atoms with E-state index in [1.807, 2.05) is 11.8 Å². The first-order valence-corrected chi connectivity index (χ1v) is 7.06. The van der Waals surface area contributed by atoms with E-state index in [2.05, 4.69) is 18.1 Å². The third-order valence-corrected chi connectivity index (χ3v) is 3.82. The van der Waals surface area contributed by atoms with Crippen molar-refractivity contribution in [1.82, 2.24) is 4.90 Å². The Morgan fingerprint density at radius 3 is 2.93 bits per heavy atom. The lowest BCUT2D eigenvalue weighted by atomic mass is 9.92. The summed E-state index contributed by atoms with van der Waals surface area (Å²) < 4.78 is 0. The standard InChI is InChI=1S/C11H23NOS/c1-3-10-9-12(6-4-8-14-2)7-5-11(10)13/h10-11,13H,3-9H2,1-2H3. The number of aliphatic hydroxyl groups excluding tert-OH is 1. The second kappa shape index (κ2) is 6.70. The Labute approximate surface area is 92.1 Å². The summed E-state index contributed by atoms with van der Waals surface area (Å²) in [5, 5.41) is 9.73. The minimum atomic E-state index is -0.0446. The molecule has 0 saturated carbocycles. The Hall–Kier alpha value is 0.270. The molecule has 2 unspecified atom stereocenters. The van der Waals surface area contributed by atoms with Gasteiger partial charge in [0.1, 0.15) is 0 Å². The van der Waals surface area contributed by atoms with E-state index in [-0.39, 0.29) is 6.10 Å². The molecular weight excluding hydrogens is 194 g/mol. The van der Waals surface area contributed by atoms with E-state index >= 15 is 0 Å². The molecule has 1 rings (SSSR count). The molecule has 0 spiro atoms. The molecule has 1 aliphatic rings. The first-order valence-electron chi connectivity index (χ1n) is 5.67. The third-order valence-electron chi connectivity index (χ3n) is 3.13. The molecule has 0 aromatic rings. The van der Waals surface area contributed by atoms with Crippen molar-refractivity contribution in [2.75, 3.05) is 31.6 Å². The smallest absolute Gasteiger partial charge is 0.0592 e. The van der Waals surface area contributed by atoms with Crippen LogP contribution < -0.4 is 0 Å². The number of thioether (sulfide) groups is 1. The van der Waals surface area contributed by atoms with Crippen LogP contribution in [0.3, 0.4) is 0 Å². The van der Waals surface area contributed by atoms with Crippen molar-refractivity contribution in [3.63, 3.8) is 0 Å². The molecule has 0 aromatic heterocycles. The van der Waals surface area contributed by atoms with Crippen LogP contribution in [-0.4, -0.2) is 47.8 Å². The first-order chi connectivity index (χ1) is 6.77. The molecule has 1 saturated heterocycles. The van der Waals surface area contributed by atoms with Gasteiger partial charge in [-0.1, -0.05) is 6.92 Å². The van der Waals surface area contributed by atoms with E-state index in [0.717, 1.165) is 25.9 Å². The topological polar surface area (TPSA) is 23.5 Å². The van der Waals surface area contributed by atoms with Gasteiger partial charge in [0.15, 0.2) is 0 Å². The fourth-order valence-electron chi connectivity index (χ4n) is 2.13. The minimum absolute atomic E-state index is 0.0446. The minimum Gasteiger partial charge on any atom is -0.393 e. The van der Waals surface area contributed by atoms with Gasteiger partial charge in [0.25, 0.3) is 0 Å². The van der Waals surface area contributed by atoms with Gasteiger partial charge in [-0.05, 0) is 43.7 Å². The maximum absolute atomic E-state index is 9.73. The fourth-order valence-corrected chi connectivity index (χ4v) is 2.55. The maximum Gasteiger partial charge on any atom is 0.0592 e. The summed E-state index contributed by atoms with van der Waals surface area (Å²) in [5.41, 5.74) is 0. The first kappa shape index (κ1) is 12.3. The second-order valence-corrected chi connectivity index (χ2v) is 5.16. The molecule has 2 atom stereocenters. The number of likely N-dealkylation sites (tertiary alicyclic amines) is 1. The van der Waals surface area contributed by atoms with E-state index in [1.165, 1.54) is 18.7 Å². The van der Waals surface area contributed by atoms with Crippen molar-refractivity contribution < 1.29 is 5.11 Å². The monoisotopic (exact) mass is 217 g/mol. The van der Waals surface area contributed by atoms with E-state index in [1.54, 1.807) is 0 Å². The summed E-state index contributed by atoms with van der Waals surface area (Å²) in [6.07, 6.45) is 5.48. The van der Waals surface area contributed by atoms with Crippen molar-refractivity contribution >= 4 is 11.8 Å². The lowest BCUT2D eigenvalue weighted by Gasteiger charge is -2.35. The molecule has 1 fully saturated rings. The van der Waals surface area contributed by atoms with Crippen LogP contribution in [0, 0.1) is 5.92 Å². The summed E-state index contributed by atoms with van der Waals surface area (Å²) in [7, 11) is 0. The van der Waals surface area contributed by atoms with Gasteiger partial charge in [0.2, 0.25) is 0 Å². The number of rotatable bonds is 5. The molecule has 0 radical (unpaired) electrons.